The first-order valence-corrected chi connectivity index (χ1v) is 7.70. The highest BCUT2D eigenvalue weighted by atomic mass is 16.5. The first-order valence-electron chi connectivity index (χ1n) is 7.70. The molecule has 118 valence electrons. The Morgan fingerprint density at radius 1 is 1.52 bits per heavy atom. The Labute approximate surface area is 126 Å². The molecule has 1 fully saturated rings. The van der Waals surface area contributed by atoms with Crippen molar-refractivity contribution in [2.24, 2.45) is 7.05 Å². The molecule has 1 N–H and O–H groups in total. The number of aryl methyl sites for hydroxylation is 1. The first-order chi connectivity index (χ1) is 10.1. The third-order valence-corrected chi connectivity index (χ3v) is 4.00. The predicted molar refractivity (Wildman–Crippen MR) is 81.2 cm³/mol. The number of hydrogen-bond acceptors (Lipinski definition) is 4. The minimum atomic E-state index is -0.308. The number of carbonyl (C=O) groups is 1. The van der Waals surface area contributed by atoms with Gasteiger partial charge in [-0.2, -0.15) is 5.10 Å². The monoisotopic (exact) mass is 294 g/mol. The summed E-state index contributed by atoms with van der Waals surface area (Å²) in [6.45, 7) is 4.43. The molecule has 2 atom stereocenters. The predicted octanol–water partition coefficient (Wildman–Crippen LogP) is 1.73. The Kier molecular flexibility index (Phi) is 5.61. The Balaban J connectivity index is 1.97. The van der Waals surface area contributed by atoms with Crippen molar-refractivity contribution in [3.63, 3.8) is 0 Å². The number of ether oxygens (including phenoxy) is 1. The summed E-state index contributed by atoms with van der Waals surface area (Å²) >= 11 is 0. The van der Waals surface area contributed by atoms with Gasteiger partial charge in [0.05, 0.1) is 18.8 Å². The van der Waals surface area contributed by atoms with Crippen LogP contribution in [0.1, 0.15) is 37.7 Å². The summed E-state index contributed by atoms with van der Waals surface area (Å²) in [7, 11) is 4.00. The van der Waals surface area contributed by atoms with Crippen molar-refractivity contribution in [1.82, 2.24) is 20.0 Å². The summed E-state index contributed by atoms with van der Waals surface area (Å²) in [5.41, 5.74) is 1.18. The van der Waals surface area contributed by atoms with Crippen molar-refractivity contribution < 1.29 is 9.53 Å². The lowest BCUT2D eigenvalue weighted by molar-refractivity contribution is 0.128. The molecule has 2 heterocycles. The standard InChI is InChI=1S/C15H26N4O2/c1-4-5-8-21-15(20)17-14-11-18(2)7-6-13(14)12-9-16-19(3)10-12/h9-10,13-14H,4-8,11H2,1-3H3,(H,17,20)/t13-,14+/m0/s1. The van der Waals surface area contributed by atoms with Gasteiger partial charge in [-0.1, -0.05) is 13.3 Å². The maximum atomic E-state index is 11.9. The van der Waals surface area contributed by atoms with Crippen LogP contribution in [-0.2, 0) is 11.8 Å². The summed E-state index contributed by atoms with van der Waals surface area (Å²) in [5, 5.41) is 7.27. The second-order valence-corrected chi connectivity index (χ2v) is 5.85. The average Bonchev–Trinajstić information content (AvgIpc) is 2.85. The number of hydrogen-bond donors (Lipinski definition) is 1. The number of alkyl carbamates (subject to hydrolysis) is 1. The van der Waals surface area contributed by atoms with Crippen molar-refractivity contribution in [1.29, 1.82) is 0 Å². The van der Waals surface area contributed by atoms with Crippen LogP contribution >= 0.6 is 0 Å². The molecule has 21 heavy (non-hydrogen) atoms. The maximum absolute atomic E-state index is 11.9. The van der Waals surface area contributed by atoms with E-state index in [-0.39, 0.29) is 12.1 Å². The van der Waals surface area contributed by atoms with E-state index < -0.39 is 0 Å². The van der Waals surface area contributed by atoms with Gasteiger partial charge >= 0.3 is 6.09 Å². The smallest absolute Gasteiger partial charge is 0.407 e. The Bertz CT molecular complexity index is 460. The number of amides is 1. The van der Waals surface area contributed by atoms with E-state index in [9.17, 15) is 4.79 Å². The average molecular weight is 294 g/mol. The van der Waals surface area contributed by atoms with Crippen molar-refractivity contribution in [3.8, 4) is 0 Å². The molecule has 0 aliphatic carbocycles. The van der Waals surface area contributed by atoms with Gasteiger partial charge in [0.15, 0.2) is 0 Å². The fourth-order valence-corrected chi connectivity index (χ4v) is 2.79. The fourth-order valence-electron chi connectivity index (χ4n) is 2.79. The topological polar surface area (TPSA) is 59.4 Å². The minimum absolute atomic E-state index is 0.0714. The van der Waals surface area contributed by atoms with Crippen LogP contribution in [-0.4, -0.2) is 53.6 Å². The lowest BCUT2D eigenvalue weighted by Crippen LogP contribution is -2.50. The minimum Gasteiger partial charge on any atom is -0.450 e. The lowest BCUT2D eigenvalue weighted by atomic mass is 9.87. The molecule has 1 aliphatic rings. The molecular formula is C15H26N4O2. The number of nitrogens with one attached hydrogen (secondary N) is 1. The van der Waals surface area contributed by atoms with Gasteiger partial charge in [0.25, 0.3) is 0 Å². The number of carbonyl (C=O) groups excluding carboxylic acids is 1. The van der Waals surface area contributed by atoms with Gasteiger partial charge in [0.2, 0.25) is 0 Å². The summed E-state index contributed by atoms with van der Waals surface area (Å²) in [6.07, 6.45) is 6.57. The van der Waals surface area contributed by atoms with E-state index in [1.54, 1.807) is 0 Å². The van der Waals surface area contributed by atoms with Gasteiger partial charge in [-0.15, -0.1) is 0 Å². The zero-order valence-electron chi connectivity index (χ0n) is 13.2. The molecule has 0 unspecified atom stereocenters. The van der Waals surface area contributed by atoms with Crippen LogP contribution < -0.4 is 5.32 Å². The van der Waals surface area contributed by atoms with Crippen LogP contribution in [0, 0.1) is 0 Å². The van der Waals surface area contributed by atoms with E-state index >= 15 is 0 Å². The summed E-state index contributed by atoms with van der Waals surface area (Å²) in [4.78, 5) is 14.1. The molecule has 6 nitrogen and oxygen atoms in total. The summed E-state index contributed by atoms with van der Waals surface area (Å²) in [6, 6.07) is 0.0714. The number of piperidine rings is 1. The molecule has 6 heteroatoms. The molecule has 0 radical (unpaired) electrons. The molecule has 0 spiro atoms. The van der Waals surface area contributed by atoms with E-state index in [0.29, 0.717) is 12.5 Å². The van der Waals surface area contributed by atoms with E-state index in [4.69, 9.17) is 4.74 Å². The molecule has 1 saturated heterocycles. The zero-order valence-corrected chi connectivity index (χ0v) is 13.2. The normalized spacial score (nSPS) is 23.0. The molecule has 1 aliphatic heterocycles. The van der Waals surface area contributed by atoms with Crippen LogP contribution in [0.2, 0.25) is 0 Å². The SMILES string of the molecule is CCCCOC(=O)N[C@@H]1CN(C)CC[C@H]1c1cnn(C)c1. The lowest BCUT2D eigenvalue weighted by Gasteiger charge is -2.36. The van der Waals surface area contributed by atoms with Crippen LogP contribution in [0.25, 0.3) is 0 Å². The molecule has 1 aromatic rings. The van der Waals surface area contributed by atoms with E-state index in [0.717, 1.165) is 32.4 Å². The number of likely N-dealkylation sites (N-methyl/N-ethyl adjacent to an activating group) is 1. The van der Waals surface area contributed by atoms with Crippen LogP contribution in [0.4, 0.5) is 4.79 Å². The highest BCUT2D eigenvalue weighted by Crippen LogP contribution is 2.27. The number of likely N-dealkylation sites (tertiary alicyclic amines) is 1. The van der Waals surface area contributed by atoms with Crippen molar-refractivity contribution in [3.05, 3.63) is 18.0 Å². The Morgan fingerprint density at radius 2 is 2.33 bits per heavy atom. The van der Waals surface area contributed by atoms with Crippen molar-refractivity contribution in [2.45, 2.75) is 38.1 Å². The van der Waals surface area contributed by atoms with Crippen LogP contribution in [0.5, 0.6) is 0 Å². The molecule has 1 aromatic heterocycles. The van der Waals surface area contributed by atoms with Crippen LogP contribution in [0.3, 0.4) is 0 Å². The van der Waals surface area contributed by atoms with Crippen molar-refractivity contribution in [2.75, 3.05) is 26.7 Å². The second-order valence-electron chi connectivity index (χ2n) is 5.85. The number of aromatic nitrogens is 2. The van der Waals surface area contributed by atoms with Gasteiger partial charge in [0, 0.05) is 25.7 Å². The Morgan fingerprint density at radius 3 is 3.00 bits per heavy atom. The second kappa shape index (κ2) is 7.45. The highest BCUT2D eigenvalue weighted by molar-refractivity contribution is 5.67. The van der Waals surface area contributed by atoms with Gasteiger partial charge in [0.1, 0.15) is 0 Å². The number of rotatable bonds is 5. The molecule has 0 bridgehead atoms. The largest absolute Gasteiger partial charge is 0.450 e. The molecule has 2 rings (SSSR count). The fraction of sp³-hybridized carbons (Fsp3) is 0.733. The van der Waals surface area contributed by atoms with Crippen molar-refractivity contribution >= 4 is 6.09 Å². The van der Waals surface area contributed by atoms with Gasteiger partial charge < -0.3 is 15.0 Å². The highest BCUT2D eigenvalue weighted by Gasteiger charge is 2.31. The van der Waals surface area contributed by atoms with Gasteiger partial charge in [-0.3, -0.25) is 4.68 Å². The molecule has 0 aromatic carbocycles. The number of unbranched alkanes of at least 4 members (excludes halogenated alkanes) is 1. The molecule has 0 saturated carbocycles. The van der Waals surface area contributed by atoms with Gasteiger partial charge in [-0.25, -0.2) is 4.79 Å². The van der Waals surface area contributed by atoms with Gasteiger partial charge in [-0.05, 0) is 32.0 Å². The molecular weight excluding hydrogens is 268 g/mol. The van der Waals surface area contributed by atoms with E-state index in [1.807, 2.05) is 24.1 Å². The third kappa shape index (κ3) is 4.46. The maximum Gasteiger partial charge on any atom is 0.407 e. The van der Waals surface area contributed by atoms with E-state index in [2.05, 4.69) is 29.3 Å². The molecule has 1 amide bonds. The van der Waals surface area contributed by atoms with Crippen LogP contribution in [0.15, 0.2) is 12.4 Å². The zero-order chi connectivity index (χ0) is 15.2. The summed E-state index contributed by atoms with van der Waals surface area (Å²) in [5.74, 6) is 0.300. The quantitative estimate of drug-likeness (QED) is 0.840. The first kappa shape index (κ1) is 15.8. The van der Waals surface area contributed by atoms with E-state index in [1.165, 1.54) is 5.56 Å². The Hall–Kier alpha value is -1.56. The third-order valence-electron chi connectivity index (χ3n) is 4.00. The number of nitrogens with zero attached hydrogens (tertiary/aromatic N) is 3. The summed E-state index contributed by atoms with van der Waals surface area (Å²) < 4.78 is 7.03.